The second kappa shape index (κ2) is 7.59. The van der Waals surface area contributed by atoms with Gasteiger partial charge in [0, 0.05) is 42.1 Å². The van der Waals surface area contributed by atoms with Crippen LogP contribution in [0.5, 0.6) is 0 Å². The van der Waals surface area contributed by atoms with Gasteiger partial charge in [0.25, 0.3) is 0 Å². The number of halogens is 2. The molecule has 1 unspecified atom stereocenters. The van der Waals surface area contributed by atoms with Crippen molar-refractivity contribution in [2.24, 2.45) is 11.1 Å². The van der Waals surface area contributed by atoms with Crippen molar-refractivity contribution in [2.45, 2.75) is 54.4 Å². The molecule has 2 aromatic heterocycles. The Bertz CT molecular complexity index is 1090. The lowest BCUT2D eigenvalue weighted by Crippen LogP contribution is -2.54. The molecule has 1 aliphatic carbocycles. The van der Waals surface area contributed by atoms with Crippen LogP contribution in [-0.2, 0) is 0 Å². The molecule has 158 valence electrons. The van der Waals surface area contributed by atoms with E-state index < -0.39 is 0 Å². The number of piperidine rings is 1. The number of nitrogens with two attached hydrogens (primary N) is 1. The van der Waals surface area contributed by atoms with Crippen LogP contribution in [0, 0.1) is 5.41 Å². The van der Waals surface area contributed by atoms with Crippen molar-refractivity contribution in [3.05, 3.63) is 46.8 Å². The fourth-order valence-corrected chi connectivity index (χ4v) is 6.57. The Morgan fingerprint density at radius 2 is 1.87 bits per heavy atom. The molecule has 0 amide bonds. The van der Waals surface area contributed by atoms with E-state index in [1.807, 2.05) is 30.7 Å². The van der Waals surface area contributed by atoms with Gasteiger partial charge in [0.15, 0.2) is 5.65 Å². The van der Waals surface area contributed by atoms with Crippen molar-refractivity contribution in [2.75, 3.05) is 18.0 Å². The molecule has 2 aliphatic rings. The zero-order valence-electron chi connectivity index (χ0n) is 16.9. The van der Waals surface area contributed by atoms with E-state index in [9.17, 15) is 0 Å². The Hall–Kier alpha value is -1.47. The lowest BCUT2D eigenvalue weighted by atomic mass is 9.67. The van der Waals surface area contributed by atoms with E-state index in [1.165, 1.54) is 24.6 Å². The third-order valence-corrected chi connectivity index (χ3v) is 9.08. The number of rotatable bonds is 3. The van der Waals surface area contributed by atoms with Gasteiger partial charge >= 0.3 is 0 Å². The highest BCUT2D eigenvalue weighted by molar-refractivity contribution is 7.99. The molecule has 2 N–H and O–H groups in total. The average Bonchev–Trinajstić information content (AvgIpc) is 3.32. The normalized spacial score (nSPS) is 23.5. The Morgan fingerprint density at radius 3 is 2.60 bits per heavy atom. The van der Waals surface area contributed by atoms with Crippen molar-refractivity contribution in [3.63, 3.8) is 0 Å². The summed E-state index contributed by atoms with van der Waals surface area (Å²) in [7, 11) is 0. The molecule has 1 aliphatic heterocycles. The van der Waals surface area contributed by atoms with Crippen LogP contribution in [0.15, 0.2) is 46.6 Å². The first-order chi connectivity index (χ1) is 14.4. The maximum atomic E-state index is 6.69. The van der Waals surface area contributed by atoms with Crippen LogP contribution >= 0.6 is 35.0 Å². The molecule has 1 atom stereocenters. The largest absolute Gasteiger partial charge is 0.342 e. The number of fused-ring (bicyclic) bond motifs is 1. The first kappa shape index (κ1) is 20.4. The number of hydrogen-bond acceptors (Lipinski definition) is 5. The van der Waals surface area contributed by atoms with Gasteiger partial charge in [-0.2, -0.15) is 0 Å². The highest BCUT2D eigenvalue weighted by atomic mass is 35.5. The van der Waals surface area contributed by atoms with Crippen molar-refractivity contribution >= 4 is 46.6 Å². The number of benzene rings is 1. The molecule has 8 heteroatoms. The highest BCUT2D eigenvalue weighted by Gasteiger charge is 2.50. The number of anilines is 1. The molecule has 1 saturated heterocycles. The average molecular weight is 462 g/mol. The quantitative estimate of drug-likeness (QED) is 0.543. The topological polar surface area (TPSA) is 59.5 Å². The summed E-state index contributed by atoms with van der Waals surface area (Å²) in [5.74, 6) is 0.940. The zero-order valence-corrected chi connectivity index (χ0v) is 19.3. The van der Waals surface area contributed by atoms with Crippen LogP contribution in [0.2, 0.25) is 10.0 Å². The number of hydrogen-bond donors (Lipinski definition) is 1. The SMILES string of the molecule is CC1(N)CCCC12CCN(c1ncc(Sc3cccc(Cl)c3Cl)c3nccn13)CC2. The molecule has 1 aromatic carbocycles. The van der Waals surface area contributed by atoms with E-state index >= 15 is 0 Å². The van der Waals surface area contributed by atoms with Crippen molar-refractivity contribution in [1.82, 2.24) is 14.4 Å². The van der Waals surface area contributed by atoms with Gasteiger partial charge in [-0.25, -0.2) is 9.97 Å². The maximum absolute atomic E-state index is 6.69. The van der Waals surface area contributed by atoms with Gasteiger partial charge in [0.2, 0.25) is 5.95 Å². The molecule has 30 heavy (non-hydrogen) atoms. The van der Waals surface area contributed by atoms with E-state index in [-0.39, 0.29) is 11.0 Å². The van der Waals surface area contributed by atoms with Gasteiger partial charge in [0.05, 0.1) is 14.9 Å². The summed E-state index contributed by atoms with van der Waals surface area (Å²) < 4.78 is 2.08. The third kappa shape index (κ3) is 3.29. The van der Waals surface area contributed by atoms with Crippen molar-refractivity contribution in [1.29, 1.82) is 0 Å². The molecule has 2 fully saturated rings. The molecule has 5 nitrogen and oxygen atoms in total. The number of nitrogens with zero attached hydrogens (tertiary/aromatic N) is 4. The lowest BCUT2D eigenvalue weighted by Gasteiger charge is -2.47. The van der Waals surface area contributed by atoms with Crippen LogP contribution in [0.4, 0.5) is 5.95 Å². The monoisotopic (exact) mass is 461 g/mol. The summed E-state index contributed by atoms with van der Waals surface area (Å²) in [6.07, 6.45) is 11.6. The molecular weight excluding hydrogens is 437 g/mol. The maximum Gasteiger partial charge on any atom is 0.211 e. The van der Waals surface area contributed by atoms with Gasteiger partial charge in [-0.1, -0.05) is 47.5 Å². The van der Waals surface area contributed by atoms with Crippen LogP contribution in [-0.4, -0.2) is 33.0 Å². The summed E-state index contributed by atoms with van der Waals surface area (Å²) in [5, 5.41) is 1.10. The second-order valence-corrected chi connectivity index (χ2v) is 10.6. The van der Waals surface area contributed by atoms with Crippen molar-refractivity contribution < 1.29 is 0 Å². The third-order valence-electron chi connectivity index (χ3n) is 7.08. The fraction of sp³-hybridized carbons (Fsp3) is 0.455. The Morgan fingerprint density at radius 1 is 1.07 bits per heavy atom. The van der Waals surface area contributed by atoms with Crippen LogP contribution in [0.25, 0.3) is 5.65 Å². The molecule has 0 radical (unpaired) electrons. The molecule has 1 saturated carbocycles. The summed E-state index contributed by atoms with van der Waals surface area (Å²) in [4.78, 5) is 13.6. The molecule has 1 spiro atoms. The minimum atomic E-state index is -0.0480. The fourth-order valence-electron chi connectivity index (χ4n) is 5.17. The minimum absolute atomic E-state index is 0.0480. The smallest absolute Gasteiger partial charge is 0.211 e. The van der Waals surface area contributed by atoms with Gasteiger partial charge in [-0.05, 0) is 50.2 Å². The highest BCUT2D eigenvalue weighted by Crippen LogP contribution is 2.52. The summed E-state index contributed by atoms with van der Waals surface area (Å²) in [5.41, 5.74) is 7.80. The van der Waals surface area contributed by atoms with E-state index in [0.717, 1.165) is 53.7 Å². The van der Waals surface area contributed by atoms with Crippen molar-refractivity contribution in [3.8, 4) is 0 Å². The summed E-state index contributed by atoms with van der Waals surface area (Å²) in [6, 6.07) is 5.65. The Kier molecular flexibility index (Phi) is 5.17. The van der Waals surface area contributed by atoms with Crippen LogP contribution in [0.1, 0.15) is 39.0 Å². The molecule has 3 heterocycles. The predicted molar refractivity (Wildman–Crippen MR) is 124 cm³/mol. The van der Waals surface area contributed by atoms with Crippen LogP contribution in [0.3, 0.4) is 0 Å². The molecule has 0 bridgehead atoms. The summed E-state index contributed by atoms with van der Waals surface area (Å²) >= 11 is 14.1. The second-order valence-electron chi connectivity index (χ2n) is 8.74. The standard InChI is InChI=1S/C22H25Cl2N5S/c1-21(25)6-3-7-22(21)8-11-28(12-9-22)20-27-14-17(19-26-10-13-29(19)20)30-16-5-2-4-15(23)18(16)24/h2,4-5,10,13-14H,3,6-9,11-12,25H2,1H3. The lowest BCUT2D eigenvalue weighted by molar-refractivity contribution is 0.130. The van der Waals surface area contributed by atoms with E-state index in [4.69, 9.17) is 33.9 Å². The molecular formula is C22H25Cl2N5S. The van der Waals surface area contributed by atoms with E-state index in [1.54, 1.807) is 6.07 Å². The van der Waals surface area contributed by atoms with Gasteiger partial charge < -0.3 is 10.6 Å². The first-order valence-electron chi connectivity index (χ1n) is 10.4. The number of imidazole rings is 1. The van der Waals surface area contributed by atoms with E-state index in [0.29, 0.717) is 10.0 Å². The summed E-state index contributed by atoms with van der Waals surface area (Å²) in [6.45, 7) is 4.19. The van der Waals surface area contributed by atoms with Crippen LogP contribution < -0.4 is 10.6 Å². The molecule has 5 rings (SSSR count). The molecule has 3 aromatic rings. The Labute approximate surface area is 191 Å². The van der Waals surface area contributed by atoms with Gasteiger partial charge in [0.1, 0.15) is 0 Å². The minimum Gasteiger partial charge on any atom is -0.342 e. The van der Waals surface area contributed by atoms with E-state index in [2.05, 4.69) is 21.2 Å². The zero-order chi connectivity index (χ0) is 20.9. The first-order valence-corrected chi connectivity index (χ1v) is 12.0. The number of aromatic nitrogens is 3. The van der Waals surface area contributed by atoms with Gasteiger partial charge in [-0.15, -0.1) is 0 Å². The predicted octanol–water partition coefficient (Wildman–Crippen LogP) is 5.68. The Balaban J connectivity index is 1.42. The van der Waals surface area contributed by atoms with Gasteiger partial charge in [-0.3, -0.25) is 4.40 Å².